The molecule has 1 N–H and O–H groups in total. The largest absolute Gasteiger partial charge is 0.297 e. The van der Waals surface area contributed by atoms with Crippen molar-refractivity contribution in [3.05, 3.63) is 40.9 Å². The number of imidazole rings is 1. The fourth-order valence-corrected chi connectivity index (χ4v) is 3.89. The van der Waals surface area contributed by atoms with Gasteiger partial charge >= 0.3 is 0 Å². The van der Waals surface area contributed by atoms with Crippen LogP contribution >= 0.6 is 11.3 Å². The minimum absolute atomic E-state index is 0.549. The number of fused-ring (bicyclic) bond motifs is 1. The summed E-state index contributed by atoms with van der Waals surface area (Å²) < 4.78 is 2.11. The molecule has 5 nitrogen and oxygen atoms in total. The molecule has 0 bridgehead atoms. The zero-order valence-electron chi connectivity index (χ0n) is 12.1. The number of thiazole rings is 1. The molecule has 1 atom stereocenters. The second-order valence-corrected chi connectivity index (χ2v) is 6.75. The quantitative estimate of drug-likeness (QED) is 0.809. The number of nitrogens with one attached hydrogen (secondary N) is 1. The molecule has 3 aromatic heterocycles. The van der Waals surface area contributed by atoms with Gasteiger partial charge in [-0.1, -0.05) is 0 Å². The van der Waals surface area contributed by atoms with Crippen molar-refractivity contribution < 1.29 is 0 Å². The minimum Gasteiger partial charge on any atom is -0.297 e. The van der Waals surface area contributed by atoms with Gasteiger partial charge in [0, 0.05) is 42.5 Å². The van der Waals surface area contributed by atoms with Crippen molar-refractivity contribution in [2.45, 2.75) is 32.2 Å². The van der Waals surface area contributed by atoms with Crippen molar-refractivity contribution in [1.82, 2.24) is 24.5 Å². The van der Waals surface area contributed by atoms with Crippen LogP contribution in [-0.4, -0.2) is 37.6 Å². The lowest BCUT2D eigenvalue weighted by molar-refractivity contribution is 0.196. The van der Waals surface area contributed by atoms with Gasteiger partial charge in [-0.2, -0.15) is 5.10 Å². The van der Waals surface area contributed by atoms with Crippen LogP contribution in [0, 0.1) is 6.92 Å². The summed E-state index contributed by atoms with van der Waals surface area (Å²) in [7, 11) is 0. The number of hydrogen-bond donors (Lipinski definition) is 1. The second-order valence-electron chi connectivity index (χ2n) is 5.88. The average Bonchev–Trinajstić information content (AvgIpc) is 3.15. The lowest BCUT2D eigenvalue weighted by Gasteiger charge is -2.31. The Hall–Kier alpha value is -1.66. The molecular weight excluding hydrogens is 282 g/mol. The van der Waals surface area contributed by atoms with Gasteiger partial charge in [0.25, 0.3) is 0 Å². The summed E-state index contributed by atoms with van der Waals surface area (Å²) in [5, 5.41) is 9.57. The summed E-state index contributed by atoms with van der Waals surface area (Å²) in [6.07, 6.45) is 6.69. The molecular formula is C15H19N5S. The molecule has 1 saturated heterocycles. The minimum atomic E-state index is 0.549. The van der Waals surface area contributed by atoms with Gasteiger partial charge in [0.15, 0.2) is 4.96 Å². The van der Waals surface area contributed by atoms with Crippen molar-refractivity contribution in [3.8, 4) is 0 Å². The van der Waals surface area contributed by atoms with E-state index in [0.717, 1.165) is 30.3 Å². The molecule has 1 fully saturated rings. The molecule has 3 aromatic rings. The van der Waals surface area contributed by atoms with Crippen LogP contribution in [0.1, 0.15) is 35.8 Å². The molecule has 6 heteroatoms. The number of H-pyrrole nitrogens is 1. The van der Waals surface area contributed by atoms with E-state index in [0.29, 0.717) is 5.92 Å². The lowest BCUT2D eigenvalue weighted by Crippen LogP contribution is -2.34. The Bertz CT molecular complexity index is 712. The molecule has 4 heterocycles. The van der Waals surface area contributed by atoms with Crippen LogP contribution < -0.4 is 0 Å². The highest BCUT2D eigenvalue weighted by Crippen LogP contribution is 2.27. The van der Waals surface area contributed by atoms with Gasteiger partial charge in [-0.05, 0) is 32.4 Å². The third kappa shape index (κ3) is 2.61. The Morgan fingerprint density at radius 3 is 3.24 bits per heavy atom. The molecule has 0 aliphatic carbocycles. The highest BCUT2D eigenvalue weighted by molar-refractivity contribution is 7.15. The van der Waals surface area contributed by atoms with E-state index in [2.05, 4.69) is 55.2 Å². The van der Waals surface area contributed by atoms with Crippen LogP contribution in [0.3, 0.4) is 0 Å². The molecule has 0 aromatic carbocycles. The fraction of sp³-hybridized carbons (Fsp3) is 0.467. The van der Waals surface area contributed by atoms with Crippen LogP contribution in [-0.2, 0) is 6.54 Å². The number of aromatic nitrogens is 4. The number of nitrogens with zero attached hydrogens (tertiary/aromatic N) is 4. The molecule has 0 radical (unpaired) electrons. The lowest BCUT2D eigenvalue weighted by atomic mass is 9.94. The zero-order chi connectivity index (χ0) is 14.2. The smallest absolute Gasteiger partial charge is 0.193 e. The number of likely N-dealkylation sites (tertiary alicyclic amines) is 1. The summed E-state index contributed by atoms with van der Waals surface area (Å²) >= 11 is 1.69. The van der Waals surface area contributed by atoms with Crippen LogP contribution in [0.2, 0.25) is 0 Å². The summed E-state index contributed by atoms with van der Waals surface area (Å²) in [5.41, 5.74) is 3.53. The molecule has 0 saturated carbocycles. The molecule has 1 aliphatic heterocycles. The molecule has 1 aliphatic rings. The number of piperidine rings is 1. The topological polar surface area (TPSA) is 49.2 Å². The van der Waals surface area contributed by atoms with E-state index < -0.39 is 0 Å². The van der Waals surface area contributed by atoms with Crippen LogP contribution in [0.4, 0.5) is 0 Å². The van der Waals surface area contributed by atoms with E-state index in [4.69, 9.17) is 0 Å². The number of hydrogen-bond acceptors (Lipinski definition) is 4. The summed E-state index contributed by atoms with van der Waals surface area (Å²) in [4.78, 5) is 8.28. The van der Waals surface area contributed by atoms with Crippen LogP contribution in [0.5, 0.6) is 0 Å². The number of aromatic amines is 1. The Morgan fingerprint density at radius 1 is 1.48 bits per heavy atom. The van der Waals surface area contributed by atoms with Crippen molar-refractivity contribution in [3.63, 3.8) is 0 Å². The number of aryl methyl sites for hydroxylation is 1. The van der Waals surface area contributed by atoms with E-state index in [-0.39, 0.29) is 0 Å². The third-order valence-electron chi connectivity index (χ3n) is 4.18. The Balaban J connectivity index is 1.46. The van der Waals surface area contributed by atoms with Crippen LogP contribution in [0.25, 0.3) is 4.96 Å². The standard InChI is InChI=1S/C15H19N5S/c1-11-7-14(18-17-11)12-3-2-4-19(8-12)9-13-10-20-5-6-21-15(20)16-13/h5-7,10,12H,2-4,8-9H2,1H3,(H,17,18)/t12-/m1/s1. The van der Waals surface area contributed by atoms with Gasteiger partial charge in [0.05, 0.1) is 11.4 Å². The van der Waals surface area contributed by atoms with E-state index in [1.165, 1.54) is 24.2 Å². The van der Waals surface area contributed by atoms with E-state index >= 15 is 0 Å². The normalized spacial score (nSPS) is 20.3. The van der Waals surface area contributed by atoms with Crippen molar-refractivity contribution in [2.24, 2.45) is 0 Å². The van der Waals surface area contributed by atoms with E-state index in [1.807, 2.05) is 0 Å². The second kappa shape index (κ2) is 5.27. The molecule has 21 heavy (non-hydrogen) atoms. The third-order valence-corrected chi connectivity index (χ3v) is 4.95. The maximum Gasteiger partial charge on any atom is 0.193 e. The first-order valence-electron chi connectivity index (χ1n) is 7.43. The first-order valence-corrected chi connectivity index (χ1v) is 8.31. The first-order chi connectivity index (χ1) is 10.3. The summed E-state index contributed by atoms with van der Waals surface area (Å²) in [5.74, 6) is 0.549. The van der Waals surface area contributed by atoms with Crippen molar-refractivity contribution in [2.75, 3.05) is 13.1 Å². The van der Waals surface area contributed by atoms with Crippen molar-refractivity contribution >= 4 is 16.3 Å². The fourth-order valence-electron chi connectivity index (χ4n) is 3.17. The van der Waals surface area contributed by atoms with Gasteiger partial charge in [-0.25, -0.2) is 4.98 Å². The maximum atomic E-state index is 4.69. The first kappa shape index (κ1) is 13.0. The SMILES string of the molecule is Cc1cc([C@@H]2CCCN(Cc3cn4ccsc4n3)C2)n[nH]1. The Morgan fingerprint density at radius 2 is 2.43 bits per heavy atom. The van der Waals surface area contributed by atoms with E-state index in [9.17, 15) is 0 Å². The van der Waals surface area contributed by atoms with Crippen molar-refractivity contribution in [1.29, 1.82) is 0 Å². The van der Waals surface area contributed by atoms with Gasteiger partial charge < -0.3 is 0 Å². The highest BCUT2D eigenvalue weighted by atomic mass is 32.1. The molecule has 0 spiro atoms. The van der Waals surface area contributed by atoms with Crippen LogP contribution in [0.15, 0.2) is 23.8 Å². The molecule has 0 unspecified atom stereocenters. The summed E-state index contributed by atoms with van der Waals surface area (Å²) in [6.45, 7) is 5.24. The highest BCUT2D eigenvalue weighted by Gasteiger charge is 2.23. The maximum absolute atomic E-state index is 4.69. The predicted octanol–water partition coefficient (Wildman–Crippen LogP) is 2.81. The monoisotopic (exact) mass is 301 g/mol. The zero-order valence-corrected chi connectivity index (χ0v) is 12.9. The van der Waals surface area contributed by atoms with Gasteiger partial charge in [-0.3, -0.25) is 14.4 Å². The van der Waals surface area contributed by atoms with Gasteiger partial charge in [0.1, 0.15) is 0 Å². The average molecular weight is 301 g/mol. The Labute approximate surface area is 127 Å². The number of rotatable bonds is 3. The van der Waals surface area contributed by atoms with E-state index in [1.54, 1.807) is 11.3 Å². The molecule has 4 rings (SSSR count). The molecule has 110 valence electrons. The molecule has 0 amide bonds. The van der Waals surface area contributed by atoms with Gasteiger partial charge in [0.2, 0.25) is 0 Å². The Kier molecular flexibility index (Phi) is 3.27. The summed E-state index contributed by atoms with van der Waals surface area (Å²) in [6, 6.07) is 2.18. The van der Waals surface area contributed by atoms with Gasteiger partial charge in [-0.15, -0.1) is 11.3 Å². The predicted molar refractivity (Wildman–Crippen MR) is 83.6 cm³/mol.